The molecule has 27 heavy (non-hydrogen) atoms. The number of nitrogens with one attached hydrogen (secondary N) is 1. The van der Waals surface area contributed by atoms with Crippen molar-refractivity contribution in [3.8, 4) is 5.75 Å². The van der Waals surface area contributed by atoms with Gasteiger partial charge in [-0.1, -0.05) is 18.2 Å². The van der Waals surface area contributed by atoms with E-state index in [0.717, 1.165) is 30.2 Å². The van der Waals surface area contributed by atoms with Crippen LogP contribution in [0.25, 0.3) is 6.08 Å². The average molecular weight is 367 g/mol. The molecule has 2 heterocycles. The molecule has 0 aliphatic carbocycles. The normalized spacial score (nSPS) is 19.9. The van der Waals surface area contributed by atoms with Crippen molar-refractivity contribution < 1.29 is 14.3 Å². The molecule has 0 bridgehead atoms. The molecule has 2 unspecified atom stereocenters. The molecule has 1 fully saturated rings. The van der Waals surface area contributed by atoms with Gasteiger partial charge in [-0.15, -0.1) is 0 Å². The van der Waals surface area contributed by atoms with E-state index in [1.807, 2.05) is 36.4 Å². The third-order valence-corrected chi connectivity index (χ3v) is 4.31. The zero-order valence-corrected chi connectivity index (χ0v) is 15.9. The van der Waals surface area contributed by atoms with E-state index in [1.54, 1.807) is 19.4 Å². The van der Waals surface area contributed by atoms with Crippen molar-refractivity contribution in [2.24, 2.45) is 0 Å². The lowest BCUT2D eigenvalue weighted by atomic mass is 10.2. The van der Waals surface area contributed by atoms with Crippen molar-refractivity contribution in [2.45, 2.75) is 26.1 Å². The number of aromatic nitrogens is 1. The maximum atomic E-state index is 12.2. The van der Waals surface area contributed by atoms with Crippen LogP contribution in [0.5, 0.6) is 5.75 Å². The van der Waals surface area contributed by atoms with Gasteiger partial charge in [-0.3, -0.25) is 4.79 Å². The van der Waals surface area contributed by atoms with Crippen molar-refractivity contribution in [3.63, 3.8) is 0 Å². The van der Waals surface area contributed by atoms with E-state index in [2.05, 4.69) is 29.0 Å². The maximum absolute atomic E-state index is 12.2. The van der Waals surface area contributed by atoms with Gasteiger partial charge in [-0.25, -0.2) is 4.98 Å². The van der Waals surface area contributed by atoms with Gasteiger partial charge < -0.3 is 19.7 Å². The number of nitrogens with zero attached hydrogens (tertiary/aromatic N) is 2. The molecule has 1 aromatic heterocycles. The van der Waals surface area contributed by atoms with Crippen LogP contribution in [0.15, 0.2) is 48.7 Å². The Balaban J connectivity index is 1.61. The first kappa shape index (κ1) is 18.9. The first-order valence-electron chi connectivity index (χ1n) is 9.03. The highest BCUT2D eigenvalue weighted by molar-refractivity contribution is 6.02. The van der Waals surface area contributed by atoms with E-state index in [0.29, 0.717) is 5.69 Å². The van der Waals surface area contributed by atoms with Gasteiger partial charge in [0.2, 0.25) is 5.91 Å². The lowest BCUT2D eigenvalue weighted by Gasteiger charge is -2.36. The van der Waals surface area contributed by atoms with Gasteiger partial charge in [0.25, 0.3) is 0 Å². The summed E-state index contributed by atoms with van der Waals surface area (Å²) in [6.07, 6.45) is 5.24. The summed E-state index contributed by atoms with van der Waals surface area (Å²) in [7, 11) is 1.61. The number of pyridine rings is 1. The quantitative estimate of drug-likeness (QED) is 0.821. The summed E-state index contributed by atoms with van der Waals surface area (Å²) < 4.78 is 11.0. The van der Waals surface area contributed by atoms with Gasteiger partial charge in [0.05, 0.1) is 31.2 Å². The summed E-state index contributed by atoms with van der Waals surface area (Å²) in [6, 6.07) is 11.3. The highest BCUT2D eigenvalue weighted by Crippen LogP contribution is 2.20. The van der Waals surface area contributed by atoms with Crippen molar-refractivity contribution in [1.29, 1.82) is 0 Å². The Labute approximate surface area is 159 Å². The van der Waals surface area contributed by atoms with Gasteiger partial charge in [0.15, 0.2) is 0 Å². The standard InChI is InChI=1S/C21H25N3O3/c1-15-13-24(14-16(2)27-15)20-10-9-18(12-22-20)23-21(25)11-8-17-6-4-5-7-19(17)26-3/h4-12,15-16H,13-14H2,1-3H3,(H,23,25)/b11-8+. The molecule has 6 heteroatoms. The van der Waals surface area contributed by atoms with Gasteiger partial charge in [-0.2, -0.15) is 0 Å². The number of carbonyl (C=O) groups is 1. The highest BCUT2D eigenvalue weighted by atomic mass is 16.5. The Morgan fingerprint density at radius 3 is 2.63 bits per heavy atom. The fourth-order valence-electron chi connectivity index (χ4n) is 3.17. The number of para-hydroxylation sites is 1. The van der Waals surface area contributed by atoms with Crippen LogP contribution >= 0.6 is 0 Å². The zero-order chi connectivity index (χ0) is 19.2. The average Bonchev–Trinajstić information content (AvgIpc) is 2.66. The Morgan fingerprint density at radius 2 is 1.96 bits per heavy atom. The molecular weight excluding hydrogens is 342 g/mol. The second-order valence-electron chi connectivity index (χ2n) is 6.63. The molecule has 1 aliphatic rings. The number of hydrogen-bond donors (Lipinski definition) is 1. The number of hydrogen-bond acceptors (Lipinski definition) is 5. The number of anilines is 2. The van der Waals surface area contributed by atoms with Crippen LogP contribution in [-0.2, 0) is 9.53 Å². The molecule has 1 amide bonds. The second kappa shape index (κ2) is 8.68. The van der Waals surface area contributed by atoms with E-state index >= 15 is 0 Å². The minimum atomic E-state index is -0.218. The van der Waals surface area contributed by atoms with Crippen LogP contribution in [0.2, 0.25) is 0 Å². The largest absolute Gasteiger partial charge is 0.496 e. The zero-order valence-electron chi connectivity index (χ0n) is 15.9. The molecule has 3 rings (SSSR count). The number of morpholine rings is 1. The third kappa shape index (κ3) is 5.08. The number of amides is 1. The minimum absolute atomic E-state index is 0.176. The molecular formula is C21H25N3O3. The lowest BCUT2D eigenvalue weighted by molar-refractivity contribution is -0.111. The molecule has 142 valence electrons. The molecule has 1 saturated heterocycles. The van der Waals surface area contributed by atoms with Gasteiger partial charge in [0, 0.05) is 24.7 Å². The Bertz CT molecular complexity index is 795. The number of ether oxygens (including phenoxy) is 2. The number of rotatable bonds is 5. The van der Waals surface area contributed by atoms with Crippen LogP contribution in [0.1, 0.15) is 19.4 Å². The van der Waals surface area contributed by atoms with E-state index in [9.17, 15) is 4.79 Å². The predicted octanol–water partition coefficient (Wildman–Crippen LogP) is 3.36. The van der Waals surface area contributed by atoms with Crippen LogP contribution in [0, 0.1) is 0 Å². The molecule has 6 nitrogen and oxygen atoms in total. The molecule has 2 aromatic rings. The molecule has 0 saturated carbocycles. The topological polar surface area (TPSA) is 63.7 Å². The smallest absolute Gasteiger partial charge is 0.248 e. The molecule has 0 radical (unpaired) electrons. The Kier molecular flexibility index (Phi) is 6.08. The van der Waals surface area contributed by atoms with E-state index < -0.39 is 0 Å². The van der Waals surface area contributed by atoms with Crippen LogP contribution < -0.4 is 15.0 Å². The SMILES string of the molecule is COc1ccccc1/C=C/C(=O)Nc1ccc(N2CC(C)OC(C)C2)nc1. The molecule has 0 spiro atoms. The monoisotopic (exact) mass is 367 g/mol. The number of methoxy groups -OCH3 is 1. The van der Waals surface area contributed by atoms with Crippen LogP contribution in [-0.4, -0.2) is 43.3 Å². The van der Waals surface area contributed by atoms with E-state index in [1.165, 1.54) is 6.08 Å². The van der Waals surface area contributed by atoms with Gasteiger partial charge in [0.1, 0.15) is 11.6 Å². The van der Waals surface area contributed by atoms with Gasteiger partial charge >= 0.3 is 0 Å². The lowest BCUT2D eigenvalue weighted by Crippen LogP contribution is -2.45. The summed E-state index contributed by atoms with van der Waals surface area (Å²) in [4.78, 5) is 18.8. The van der Waals surface area contributed by atoms with Crippen molar-refractivity contribution in [2.75, 3.05) is 30.4 Å². The first-order chi connectivity index (χ1) is 13.0. The summed E-state index contributed by atoms with van der Waals surface area (Å²) in [5.74, 6) is 1.39. The summed E-state index contributed by atoms with van der Waals surface area (Å²) in [6.45, 7) is 5.74. The fraction of sp³-hybridized carbons (Fsp3) is 0.333. The van der Waals surface area contributed by atoms with E-state index in [4.69, 9.17) is 9.47 Å². The van der Waals surface area contributed by atoms with Crippen molar-refractivity contribution in [1.82, 2.24) is 4.98 Å². The minimum Gasteiger partial charge on any atom is -0.496 e. The summed E-state index contributed by atoms with van der Waals surface area (Å²) in [5.41, 5.74) is 1.50. The van der Waals surface area contributed by atoms with Crippen LogP contribution in [0.4, 0.5) is 11.5 Å². The number of benzene rings is 1. The molecule has 1 aromatic carbocycles. The Morgan fingerprint density at radius 1 is 1.22 bits per heavy atom. The predicted molar refractivity (Wildman–Crippen MR) is 107 cm³/mol. The molecule has 1 aliphatic heterocycles. The first-order valence-corrected chi connectivity index (χ1v) is 9.03. The van der Waals surface area contributed by atoms with Gasteiger partial charge in [-0.05, 0) is 38.1 Å². The van der Waals surface area contributed by atoms with Crippen molar-refractivity contribution >= 4 is 23.5 Å². The van der Waals surface area contributed by atoms with Crippen molar-refractivity contribution in [3.05, 3.63) is 54.2 Å². The third-order valence-electron chi connectivity index (χ3n) is 4.31. The van der Waals surface area contributed by atoms with Crippen LogP contribution in [0.3, 0.4) is 0 Å². The molecule has 2 atom stereocenters. The fourth-order valence-corrected chi connectivity index (χ4v) is 3.17. The summed E-state index contributed by atoms with van der Waals surface area (Å²) >= 11 is 0. The van der Waals surface area contributed by atoms with E-state index in [-0.39, 0.29) is 18.1 Å². The molecule has 1 N–H and O–H groups in total. The number of carbonyl (C=O) groups excluding carboxylic acids is 1. The maximum Gasteiger partial charge on any atom is 0.248 e. The summed E-state index contributed by atoms with van der Waals surface area (Å²) in [5, 5.41) is 2.83. The Hall–Kier alpha value is -2.86. The highest BCUT2D eigenvalue weighted by Gasteiger charge is 2.22. The second-order valence-corrected chi connectivity index (χ2v) is 6.63.